The van der Waals surface area contributed by atoms with Gasteiger partial charge in [-0.25, -0.2) is 4.39 Å². The highest BCUT2D eigenvalue weighted by atomic mass is 35.5. The number of hydrogen-bond acceptors (Lipinski definition) is 1. The summed E-state index contributed by atoms with van der Waals surface area (Å²) in [7, 11) is 0. The first-order valence-electron chi connectivity index (χ1n) is 4.93. The van der Waals surface area contributed by atoms with E-state index in [0.717, 1.165) is 31.5 Å². The predicted molar refractivity (Wildman–Crippen MR) is 63.5 cm³/mol. The number of hydrogen-bond donors (Lipinski definition) is 1. The first-order chi connectivity index (χ1) is 6.77. The highest BCUT2D eigenvalue weighted by Crippen LogP contribution is 2.31. The molecular formula is C11H14Cl2FN. The lowest BCUT2D eigenvalue weighted by atomic mass is 9.90. The molecule has 1 saturated heterocycles. The Bertz CT molecular complexity index is 324. The second-order valence-corrected chi connectivity index (χ2v) is 4.10. The van der Waals surface area contributed by atoms with E-state index in [1.54, 1.807) is 12.1 Å². The van der Waals surface area contributed by atoms with Crippen LogP contribution in [0.1, 0.15) is 24.3 Å². The van der Waals surface area contributed by atoms with Crippen molar-refractivity contribution in [2.45, 2.75) is 18.8 Å². The first kappa shape index (κ1) is 12.8. The van der Waals surface area contributed by atoms with E-state index in [9.17, 15) is 4.39 Å². The Kier molecular flexibility index (Phi) is 4.84. The molecule has 84 valence electrons. The summed E-state index contributed by atoms with van der Waals surface area (Å²) in [5, 5.41) is 3.97. The number of nitrogens with one attached hydrogen (secondary N) is 1. The van der Waals surface area contributed by atoms with Gasteiger partial charge in [0.1, 0.15) is 5.82 Å². The molecule has 0 aliphatic carbocycles. The van der Waals surface area contributed by atoms with Gasteiger partial charge in [0, 0.05) is 5.02 Å². The van der Waals surface area contributed by atoms with Crippen molar-refractivity contribution in [3.63, 3.8) is 0 Å². The maximum atomic E-state index is 13.0. The smallest absolute Gasteiger partial charge is 0.123 e. The summed E-state index contributed by atoms with van der Waals surface area (Å²) < 4.78 is 13.0. The molecule has 2 rings (SSSR count). The van der Waals surface area contributed by atoms with Gasteiger partial charge >= 0.3 is 0 Å². The summed E-state index contributed by atoms with van der Waals surface area (Å²) in [6.07, 6.45) is 2.09. The molecule has 1 aliphatic heterocycles. The highest BCUT2D eigenvalue weighted by Gasteiger charge is 2.17. The number of piperidine rings is 1. The maximum Gasteiger partial charge on any atom is 0.123 e. The highest BCUT2D eigenvalue weighted by molar-refractivity contribution is 6.31. The van der Waals surface area contributed by atoms with Crippen LogP contribution >= 0.6 is 24.0 Å². The van der Waals surface area contributed by atoms with E-state index >= 15 is 0 Å². The largest absolute Gasteiger partial charge is 0.317 e. The Balaban J connectivity index is 0.00000112. The average Bonchev–Trinajstić information content (AvgIpc) is 2.23. The van der Waals surface area contributed by atoms with Crippen LogP contribution in [0, 0.1) is 5.82 Å². The fourth-order valence-corrected chi connectivity index (χ4v) is 2.23. The van der Waals surface area contributed by atoms with Crippen LogP contribution < -0.4 is 5.32 Å². The predicted octanol–water partition coefficient (Wildman–Crippen LogP) is 3.37. The molecule has 1 heterocycles. The Labute approximate surface area is 100 Å². The molecule has 1 fully saturated rings. The van der Waals surface area contributed by atoms with E-state index in [0.29, 0.717) is 10.9 Å². The summed E-state index contributed by atoms with van der Waals surface area (Å²) >= 11 is 6.04. The van der Waals surface area contributed by atoms with Crippen LogP contribution in [0.2, 0.25) is 5.02 Å². The molecule has 4 heteroatoms. The molecule has 0 radical (unpaired) electrons. The lowest BCUT2D eigenvalue weighted by Crippen LogP contribution is -2.26. The van der Waals surface area contributed by atoms with E-state index < -0.39 is 0 Å². The average molecular weight is 250 g/mol. The van der Waals surface area contributed by atoms with Crippen LogP contribution in [0.3, 0.4) is 0 Å². The van der Waals surface area contributed by atoms with Gasteiger partial charge in [-0.1, -0.05) is 11.6 Å². The number of halogens is 3. The molecule has 1 aromatic rings. The van der Waals surface area contributed by atoms with Gasteiger partial charge in [-0.2, -0.15) is 0 Å². The minimum atomic E-state index is -0.192. The van der Waals surface area contributed by atoms with Gasteiger partial charge in [-0.15, -0.1) is 12.4 Å². The van der Waals surface area contributed by atoms with Crippen LogP contribution in [0.25, 0.3) is 0 Å². The maximum absolute atomic E-state index is 13.0. The van der Waals surface area contributed by atoms with E-state index in [1.165, 1.54) is 6.07 Å². The summed E-state index contributed by atoms with van der Waals surface area (Å²) in [6.45, 7) is 2.00. The Morgan fingerprint density at radius 2 is 1.93 bits per heavy atom. The van der Waals surface area contributed by atoms with Crippen LogP contribution in [0.5, 0.6) is 0 Å². The third-order valence-corrected chi connectivity index (χ3v) is 3.08. The van der Waals surface area contributed by atoms with E-state index in [2.05, 4.69) is 5.32 Å². The molecular weight excluding hydrogens is 236 g/mol. The van der Waals surface area contributed by atoms with Crippen molar-refractivity contribution in [1.82, 2.24) is 5.32 Å². The summed E-state index contributed by atoms with van der Waals surface area (Å²) in [5.74, 6) is 0.224. The van der Waals surface area contributed by atoms with Gasteiger partial charge in [0.25, 0.3) is 0 Å². The molecule has 1 nitrogen and oxygen atoms in total. The van der Waals surface area contributed by atoms with Crippen molar-refractivity contribution in [2.24, 2.45) is 0 Å². The summed E-state index contributed by atoms with van der Waals surface area (Å²) in [5.41, 5.74) is 0.966. The Morgan fingerprint density at radius 1 is 1.27 bits per heavy atom. The zero-order valence-electron chi connectivity index (χ0n) is 8.30. The molecule has 0 aromatic heterocycles. The van der Waals surface area contributed by atoms with Gasteiger partial charge in [-0.05, 0) is 55.6 Å². The van der Waals surface area contributed by atoms with Gasteiger partial charge in [-0.3, -0.25) is 0 Å². The second kappa shape index (κ2) is 5.69. The first-order valence-corrected chi connectivity index (χ1v) is 5.31. The van der Waals surface area contributed by atoms with Crippen LogP contribution in [-0.4, -0.2) is 13.1 Å². The Morgan fingerprint density at radius 3 is 2.60 bits per heavy atom. The monoisotopic (exact) mass is 249 g/mol. The molecule has 0 amide bonds. The van der Waals surface area contributed by atoms with E-state index in [-0.39, 0.29) is 18.2 Å². The van der Waals surface area contributed by atoms with Crippen molar-refractivity contribution >= 4 is 24.0 Å². The summed E-state index contributed by atoms with van der Waals surface area (Å²) in [4.78, 5) is 0. The molecule has 0 atom stereocenters. The third kappa shape index (κ3) is 3.07. The normalized spacial score (nSPS) is 17.2. The second-order valence-electron chi connectivity index (χ2n) is 3.69. The lowest BCUT2D eigenvalue weighted by Gasteiger charge is -2.23. The molecule has 0 saturated carbocycles. The van der Waals surface area contributed by atoms with Gasteiger partial charge in [0.05, 0.1) is 0 Å². The van der Waals surface area contributed by atoms with Crippen molar-refractivity contribution < 1.29 is 4.39 Å². The zero-order valence-corrected chi connectivity index (χ0v) is 9.87. The zero-order chi connectivity index (χ0) is 9.97. The molecule has 1 aromatic carbocycles. The fraction of sp³-hybridized carbons (Fsp3) is 0.455. The molecule has 1 aliphatic rings. The van der Waals surface area contributed by atoms with Crippen molar-refractivity contribution in [2.75, 3.05) is 13.1 Å². The number of benzene rings is 1. The quantitative estimate of drug-likeness (QED) is 0.805. The lowest BCUT2D eigenvalue weighted by molar-refractivity contribution is 0.458. The SMILES string of the molecule is Cl.Fc1ccc(Cl)c(C2CCNCC2)c1. The fourth-order valence-electron chi connectivity index (χ4n) is 1.96. The minimum absolute atomic E-state index is 0. The molecule has 1 N–H and O–H groups in total. The van der Waals surface area contributed by atoms with E-state index in [1.807, 2.05) is 0 Å². The van der Waals surface area contributed by atoms with Crippen LogP contribution in [-0.2, 0) is 0 Å². The van der Waals surface area contributed by atoms with Crippen LogP contribution in [0.15, 0.2) is 18.2 Å². The Hall–Kier alpha value is -0.310. The third-order valence-electron chi connectivity index (χ3n) is 2.74. The van der Waals surface area contributed by atoms with Crippen molar-refractivity contribution in [3.05, 3.63) is 34.6 Å². The van der Waals surface area contributed by atoms with E-state index in [4.69, 9.17) is 11.6 Å². The van der Waals surface area contributed by atoms with Gasteiger partial charge in [0.15, 0.2) is 0 Å². The molecule has 0 spiro atoms. The minimum Gasteiger partial charge on any atom is -0.317 e. The van der Waals surface area contributed by atoms with Crippen LogP contribution in [0.4, 0.5) is 4.39 Å². The molecule has 15 heavy (non-hydrogen) atoms. The number of rotatable bonds is 1. The molecule has 0 unspecified atom stereocenters. The van der Waals surface area contributed by atoms with Gasteiger partial charge in [0.2, 0.25) is 0 Å². The topological polar surface area (TPSA) is 12.0 Å². The van der Waals surface area contributed by atoms with Gasteiger partial charge < -0.3 is 5.32 Å². The molecule has 0 bridgehead atoms. The van der Waals surface area contributed by atoms with Crippen molar-refractivity contribution in [3.8, 4) is 0 Å². The summed E-state index contributed by atoms with van der Waals surface area (Å²) in [6, 6.07) is 4.62. The van der Waals surface area contributed by atoms with Crippen molar-refractivity contribution in [1.29, 1.82) is 0 Å². The standard InChI is InChI=1S/C11H13ClFN.ClH/c12-11-2-1-9(13)7-10(11)8-3-5-14-6-4-8;/h1-2,7-8,14H,3-6H2;1H.